The fraction of sp³-hybridized carbons (Fsp3) is 0.286. The van der Waals surface area contributed by atoms with Crippen molar-refractivity contribution in [2.24, 2.45) is 10.7 Å². The molecule has 0 aliphatic heterocycles. The summed E-state index contributed by atoms with van der Waals surface area (Å²) in [6.45, 7) is 4.17. The van der Waals surface area contributed by atoms with E-state index in [1.54, 1.807) is 18.3 Å². The number of nitrogens with one attached hydrogen (secondary N) is 1. The van der Waals surface area contributed by atoms with Gasteiger partial charge in [-0.3, -0.25) is 0 Å². The summed E-state index contributed by atoms with van der Waals surface area (Å²) >= 11 is 0. The van der Waals surface area contributed by atoms with E-state index in [9.17, 15) is 5.11 Å². The Balaban J connectivity index is 1.64. The largest absolute Gasteiger partial charge is 0.508 e. The number of aliphatic imine (C=N–C) groups is 1. The average Bonchev–Trinajstić information content (AvgIpc) is 3.50. The Kier molecular flexibility index (Phi) is 5.97. The maximum Gasteiger partial charge on any atom is 0.135 e. The molecule has 174 valence electrons. The van der Waals surface area contributed by atoms with Gasteiger partial charge in [-0.2, -0.15) is 5.10 Å². The van der Waals surface area contributed by atoms with Gasteiger partial charge >= 0.3 is 0 Å². The number of aryl methyl sites for hydroxylation is 2. The van der Waals surface area contributed by atoms with Gasteiger partial charge in [-0.05, 0) is 67.1 Å². The molecule has 1 aliphatic rings. The number of amidine groups is 1. The number of phenolic OH excluding ortho intramolecular Hbond substituents is 1. The second-order valence-corrected chi connectivity index (χ2v) is 9.10. The van der Waals surface area contributed by atoms with Crippen LogP contribution in [0.25, 0.3) is 16.6 Å². The third kappa shape index (κ3) is 4.23. The molecule has 1 saturated carbocycles. The first-order valence-corrected chi connectivity index (χ1v) is 12.0. The van der Waals surface area contributed by atoms with Crippen molar-refractivity contribution in [3.8, 4) is 16.9 Å². The molecule has 0 unspecified atom stereocenters. The van der Waals surface area contributed by atoms with Crippen molar-refractivity contribution in [3.05, 3.63) is 77.6 Å². The summed E-state index contributed by atoms with van der Waals surface area (Å²) in [7, 11) is 0. The van der Waals surface area contributed by atoms with E-state index in [1.807, 2.05) is 17.5 Å². The van der Waals surface area contributed by atoms with Crippen LogP contribution in [-0.2, 0) is 6.42 Å². The molecule has 4 aromatic rings. The van der Waals surface area contributed by atoms with Gasteiger partial charge in [0.25, 0.3) is 0 Å². The van der Waals surface area contributed by atoms with E-state index in [-0.39, 0.29) is 5.75 Å². The lowest BCUT2D eigenvalue weighted by atomic mass is 10.0. The number of hydrogen-bond acceptors (Lipinski definition) is 4. The standard InChI is InChI=1S/C28H31N5O/c1-3-19-14-22(34)12-13-25(19)32-28(29)24-16-30-33-17-20(23-11-7-4-8-18(23)2)15-26(33)27(24)31-21-9-5-6-10-21/h4,7-8,11-17,21,31,34H,3,5-6,9-10H2,1-2H3,(H2,29,32). The highest BCUT2D eigenvalue weighted by atomic mass is 16.3. The minimum absolute atomic E-state index is 0.234. The topological polar surface area (TPSA) is 87.9 Å². The third-order valence-corrected chi connectivity index (χ3v) is 6.76. The van der Waals surface area contributed by atoms with E-state index in [1.165, 1.54) is 24.0 Å². The molecule has 2 aromatic carbocycles. The van der Waals surface area contributed by atoms with Crippen LogP contribution in [0.3, 0.4) is 0 Å². The van der Waals surface area contributed by atoms with Gasteiger partial charge in [-0.25, -0.2) is 9.51 Å². The normalized spacial score (nSPS) is 14.7. The monoisotopic (exact) mass is 453 g/mol. The van der Waals surface area contributed by atoms with E-state index in [0.29, 0.717) is 11.9 Å². The predicted octanol–water partition coefficient (Wildman–Crippen LogP) is 5.97. The molecule has 0 amide bonds. The smallest absolute Gasteiger partial charge is 0.135 e. The van der Waals surface area contributed by atoms with Crippen LogP contribution < -0.4 is 11.1 Å². The molecule has 0 saturated heterocycles. The first-order chi connectivity index (χ1) is 16.5. The van der Waals surface area contributed by atoms with Gasteiger partial charge in [0.1, 0.15) is 11.6 Å². The zero-order valence-electron chi connectivity index (χ0n) is 19.8. The van der Waals surface area contributed by atoms with E-state index in [4.69, 9.17) is 10.7 Å². The summed E-state index contributed by atoms with van der Waals surface area (Å²) in [5.41, 5.74) is 14.6. The van der Waals surface area contributed by atoms with Crippen LogP contribution in [0.2, 0.25) is 0 Å². The third-order valence-electron chi connectivity index (χ3n) is 6.76. The fourth-order valence-electron chi connectivity index (χ4n) is 4.88. The number of nitrogens with zero attached hydrogens (tertiary/aromatic N) is 3. The van der Waals surface area contributed by atoms with E-state index in [2.05, 4.69) is 53.9 Å². The van der Waals surface area contributed by atoms with Crippen molar-refractivity contribution in [2.75, 3.05) is 5.32 Å². The van der Waals surface area contributed by atoms with Gasteiger partial charge in [-0.15, -0.1) is 0 Å². The molecule has 6 nitrogen and oxygen atoms in total. The van der Waals surface area contributed by atoms with Crippen LogP contribution >= 0.6 is 0 Å². The Morgan fingerprint density at radius 1 is 1.18 bits per heavy atom. The molecule has 0 spiro atoms. The SMILES string of the molecule is CCc1cc(O)ccc1/N=C(\N)c1cnn2cc(-c3ccccc3C)cc2c1NC1CCCC1. The fourth-order valence-corrected chi connectivity index (χ4v) is 4.88. The lowest BCUT2D eigenvalue weighted by Gasteiger charge is -2.18. The lowest BCUT2D eigenvalue weighted by Crippen LogP contribution is -2.22. The molecule has 0 radical (unpaired) electrons. The Bertz CT molecular complexity index is 1360. The summed E-state index contributed by atoms with van der Waals surface area (Å²) in [4.78, 5) is 4.76. The molecule has 1 fully saturated rings. The Morgan fingerprint density at radius 2 is 1.97 bits per heavy atom. The highest BCUT2D eigenvalue weighted by Crippen LogP contribution is 2.33. The van der Waals surface area contributed by atoms with Gasteiger partial charge in [0.2, 0.25) is 0 Å². The number of nitrogens with two attached hydrogens (primary N) is 1. The Labute approximate surface area is 200 Å². The summed E-state index contributed by atoms with van der Waals surface area (Å²) < 4.78 is 1.92. The summed E-state index contributed by atoms with van der Waals surface area (Å²) in [5, 5.41) is 18.3. The van der Waals surface area contributed by atoms with Crippen LogP contribution in [0, 0.1) is 6.92 Å². The van der Waals surface area contributed by atoms with E-state index in [0.717, 1.165) is 52.8 Å². The van der Waals surface area contributed by atoms with Crippen molar-refractivity contribution in [1.82, 2.24) is 9.61 Å². The highest BCUT2D eigenvalue weighted by Gasteiger charge is 2.21. The maximum atomic E-state index is 9.85. The number of aromatic nitrogens is 2. The van der Waals surface area contributed by atoms with Crippen LogP contribution in [0.15, 0.2) is 65.9 Å². The van der Waals surface area contributed by atoms with Gasteiger partial charge < -0.3 is 16.2 Å². The quantitative estimate of drug-likeness (QED) is 0.248. The van der Waals surface area contributed by atoms with E-state index >= 15 is 0 Å². The Morgan fingerprint density at radius 3 is 2.74 bits per heavy atom. The molecule has 0 bridgehead atoms. The number of benzene rings is 2. The van der Waals surface area contributed by atoms with Gasteiger partial charge in [0.05, 0.1) is 28.7 Å². The zero-order valence-corrected chi connectivity index (χ0v) is 19.8. The number of rotatable bonds is 6. The number of hydrogen-bond donors (Lipinski definition) is 3. The van der Waals surface area contributed by atoms with Crippen molar-refractivity contribution in [3.63, 3.8) is 0 Å². The summed E-state index contributed by atoms with van der Waals surface area (Å²) in [6.07, 6.45) is 9.40. The lowest BCUT2D eigenvalue weighted by molar-refractivity contribution is 0.474. The van der Waals surface area contributed by atoms with Gasteiger partial charge in [0, 0.05) is 17.8 Å². The number of anilines is 1. The molecular weight excluding hydrogens is 422 g/mol. The van der Waals surface area contributed by atoms with Crippen molar-refractivity contribution in [1.29, 1.82) is 0 Å². The maximum absolute atomic E-state index is 9.85. The van der Waals surface area contributed by atoms with Crippen LogP contribution in [0.1, 0.15) is 49.3 Å². The number of aromatic hydroxyl groups is 1. The molecule has 2 aromatic heterocycles. The molecular formula is C28H31N5O. The summed E-state index contributed by atoms with van der Waals surface area (Å²) in [5.74, 6) is 0.646. The first kappa shape index (κ1) is 22.0. The molecule has 34 heavy (non-hydrogen) atoms. The van der Waals surface area contributed by atoms with Crippen LogP contribution in [0.5, 0.6) is 5.75 Å². The minimum atomic E-state index is 0.234. The zero-order chi connectivity index (χ0) is 23.7. The van der Waals surface area contributed by atoms with Crippen LogP contribution in [-0.4, -0.2) is 26.6 Å². The van der Waals surface area contributed by atoms with Gasteiger partial charge in [-0.1, -0.05) is 44.0 Å². The molecule has 1 aliphatic carbocycles. The van der Waals surface area contributed by atoms with Crippen LogP contribution in [0.4, 0.5) is 11.4 Å². The second kappa shape index (κ2) is 9.21. The minimum Gasteiger partial charge on any atom is -0.508 e. The molecule has 6 heteroatoms. The van der Waals surface area contributed by atoms with E-state index < -0.39 is 0 Å². The summed E-state index contributed by atoms with van der Waals surface area (Å²) in [6, 6.07) is 16.2. The van der Waals surface area contributed by atoms with Crippen molar-refractivity contribution < 1.29 is 5.11 Å². The molecule has 4 N–H and O–H groups in total. The number of fused-ring (bicyclic) bond motifs is 1. The van der Waals surface area contributed by atoms with Gasteiger partial charge in [0.15, 0.2) is 0 Å². The molecule has 5 rings (SSSR count). The van der Waals surface area contributed by atoms with Crippen molar-refractivity contribution >= 4 is 22.7 Å². The molecule has 0 atom stereocenters. The predicted molar refractivity (Wildman–Crippen MR) is 139 cm³/mol. The second-order valence-electron chi connectivity index (χ2n) is 9.10. The first-order valence-electron chi connectivity index (χ1n) is 12.0. The average molecular weight is 454 g/mol. The Hall–Kier alpha value is -3.80. The number of phenols is 1. The van der Waals surface area contributed by atoms with Crippen molar-refractivity contribution in [2.45, 2.75) is 52.0 Å². The highest BCUT2D eigenvalue weighted by molar-refractivity contribution is 6.06. The molecule has 2 heterocycles.